The van der Waals surface area contributed by atoms with E-state index in [0.29, 0.717) is 20.6 Å². The molecule has 1 atom stereocenters. The zero-order valence-electron chi connectivity index (χ0n) is 26.6. The van der Waals surface area contributed by atoms with E-state index >= 15 is 0 Å². The summed E-state index contributed by atoms with van der Waals surface area (Å²) < 4.78 is 0. The molecule has 0 spiro atoms. The van der Waals surface area contributed by atoms with Gasteiger partial charge in [0.05, 0.1) is 27.1 Å². The second-order valence-corrected chi connectivity index (χ2v) is 13.9. The molecule has 7 rings (SSSR count). The Bertz CT molecular complexity index is 1920. The van der Waals surface area contributed by atoms with E-state index in [1.807, 2.05) is 42.5 Å². The third kappa shape index (κ3) is 7.11. The molecule has 0 aliphatic heterocycles. The number of carbonyl (C=O) groups is 2. The Morgan fingerprint density at radius 2 is 1.29 bits per heavy atom. The van der Waals surface area contributed by atoms with E-state index in [0.717, 1.165) is 48.1 Å². The van der Waals surface area contributed by atoms with Gasteiger partial charge in [-0.2, -0.15) is 5.10 Å². The minimum Gasteiger partial charge on any atom is -0.298 e. The Morgan fingerprint density at radius 1 is 0.750 bits per heavy atom. The summed E-state index contributed by atoms with van der Waals surface area (Å²) in [4.78, 5) is 25.6. The maximum atomic E-state index is 12.9. The number of carbonyl (C=O) groups excluding carboxylic acids is 2. The molecule has 2 saturated carbocycles. The summed E-state index contributed by atoms with van der Waals surface area (Å²) >= 11 is 24.3. The Balaban J connectivity index is 0.000000179. The lowest BCUT2D eigenvalue weighted by atomic mass is 9.82. The number of hydrogen-bond donors (Lipinski definition) is 3. The third-order valence-corrected chi connectivity index (χ3v) is 10.4. The van der Waals surface area contributed by atoms with E-state index in [1.165, 1.54) is 17.3 Å². The molecule has 1 aromatic heterocycles. The lowest BCUT2D eigenvalue weighted by Crippen LogP contribution is -2.31. The van der Waals surface area contributed by atoms with Crippen molar-refractivity contribution in [1.29, 1.82) is 0 Å². The molecule has 4 aromatic carbocycles. The first-order chi connectivity index (χ1) is 23.1. The highest BCUT2D eigenvalue weighted by Gasteiger charge is 2.53. The van der Waals surface area contributed by atoms with Crippen LogP contribution in [0.2, 0.25) is 20.1 Å². The topological polar surface area (TPSA) is 115 Å². The van der Waals surface area contributed by atoms with Crippen molar-refractivity contribution in [2.45, 2.75) is 50.4 Å². The van der Waals surface area contributed by atoms with Gasteiger partial charge in [-0.15, -0.1) is 0 Å². The fourth-order valence-corrected chi connectivity index (χ4v) is 7.39. The quantitative estimate of drug-likeness (QED) is 0.0639. The van der Waals surface area contributed by atoms with Crippen LogP contribution in [0.25, 0.3) is 11.3 Å². The fraction of sp³-hybridized carbons (Fsp3) is 0.237. The minimum absolute atomic E-state index is 0.0280. The van der Waals surface area contributed by atoms with Gasteiger partial charge in [0.15, 0.2) is 11.6 Å². The smallest absolute Gasteiger partial charge is 0.174 e. The molecular formula is C38H36Cl4N4O2. The van der Waals surface area contributed by atoms with Crippen LogP contribution in [0.4, 0.5) is 0 Å². The summed E-state index contributed by atoms with van der Waals surface area (Å²) in [6.07, 6.45) is 3.88. The van der Waals surface area contributed by atoms with Crippen LogP contribution < -0.4 is 11.7 Å². The Kier molecular flexibility index (Phi) is 11.2. The van der Waals surface area contributed by atoms with Crippen molar-refractivity contribution >= 4 is 58.0 Å². The van der Waals surface area contributed by atoms with Crippen molar-refractivity contribution in [3.05, 3.63) is 145 Å². The number of aromatic amines is 1. The van der Waals surface area contributed by atoms with Crippen molar-refractivity contribution in [3.8, 4) is 11.3 Å². The SMILES string of the molecule is CC(C(=O)c1ccc(Cl)cc1Cl)C(=O)C1(c2ccccc2)CC1.Cc1c(-c2ccc(Cl)cc2Cl)n[nH]c1C1(c2ccccc2)CC1.NN. The van der Waals surface area contributed by atoms with E-state index in [2.05, 4.69) is 59.1 Å². The Labute approximate surface area is 300 Å². The first kappa shape index (κ1) is 35.8. The zero-order valence-corrected chi connectivity index (χ0v) is 29.6. The first-order valence-electron chi connectivity index (χ1n) is 15.6. The van der Waals surface area contributed by atoms with Crippen molar-refractivity contribution in [2.75, 3.05) is 0 Å². The van der Waals surface area contributed by atoms with Gasteiger partial charge in [-0.05, 0) is 92.6 Å². The zero-order chi connectivity index (χ0) is 34.6. The molecular weight excluding hydrogens is 686 g/mol. The van der Waals surface area contributed by atoms with E-state index in [4.69, 9.17) is 46.4 Å². The van der Waals surface area contributed by atoms with E-state index < -0.39 is 11.3 Å². The minimum atomic E-state index is -0.726. The average Bonchev–Trinajstić information content (AvgIpc) is 4.04. The molecule has 10 heteroatoms. The maximum absolute atomic E-state index is 12.9. The number of rotatable bonds is 8. The molecule has 6 nitrogen and oxygen atoms in total. The molecule has 0 amide bonds. The van der Waals surface area contributed by atoms with Crippen molar-refractivity contribution in [2.24, 2.45) is 17.6 Å². The Hall–Kier alpha value is -3.49. The fourth-order valence-electron chi connectivity index (χ4n) is 6.39. The summed E-state index contributed by atoms with van der Waals surface area (Å²) in [5, 5.41) is 9.84. The van der Waals surface area contributed by atoms with Crippen LogP contribution >= 0.6 is 46.4 Å². The van der Waals surface area contributed by atoms with Crippen LogP contribution in [0, 0.1) is 12.8 Å². The summed E-state index contributed by atoms with van der Waals surface area (Å²) in [7, 11) is 0. The number of H-pyrrole nitrogens is 1. The van der Waals surface area contributed by atoms with Gasteiger partial charge in [0.2, 0.25) is 0 Å². The lowest BCUT2D eigenvalue weighted by molar-refractivity contribution is -0.123. The number of benzene rings is 4. The van der Waals surface area contributed by atoms with Gasteiger partial charge in [0.1, 0.15) is 0 Å². The highest BCUT2D eigenvalue weighted by atomic mass is 35.5. The summed E-state index contributed by atoms with van der Waals surface area (Å²) in [6, 6.07) is 30.6. The number of nitrogens with one attached hydrogen (secondary N) is 1. The molecule has 2 fully saturated rings. The summed E-state index contributed by atoms with van der Waals surface area (Å²) in [6.45, 7) is 3.78. The number of hydrazine groups is 1. The van der Waals surface area contributed by atoms with Gasteiger partial charge < -0.3 is 0 Å². The highest BCUT2D eigenvalue weighted by molar-refractivity contribution is 6.37. The van der Waals surface area contributed by atoms with Gasteiger partial charge in [-0.3, -0.25) is 26.4 Å². The van der Waals surface area contributed by atoms with Gasteiger partial charge in [0, 0.05) is 32.3 Å². The largest absolute Gasteiger partial charge is 0.298 e. The van der Waals surface area contributed by atoms with Crippen LogP contribution in [-0.2, 0) is 15.6 Å². The van der Waals surface area contributed by atoms with E-state index in [9.17, 15) is 9.59 Å². The number of hydrogen-bond acceptors (Lipinski definition) is 5. The number of aromatic nitrogens is 2. The maximum Gasteiger partial charge on any atom is 0.174 e. The number of nitrogens with two attached hydrogens (primary N) is 2. The third-order valence-electron chi connectivity index (χ3n) is 9.28. The van der Waals surface area contributed by atoms with Crippen LogP contribution in [0.1, 0.15) is 65.3 Å². The summed E-state index contributed by atoms with van der Waals surface area (Å²) in [5.74, 6) is 7.00. The second-order valence-electron chi connectivity index (χ2n) is 12.2. The van der Waals surface area contributed by atoms with Gasteiger partial charge in [-0.25, -0.2) is 0 Å². The molecule has 0 bridgehead atoms. The van der Waals surface area contributed by atoms with E-state index in [1.54, 1.807) is 25.1 Å². The van der Waals surface area contributed by atoms with Crippen LogP contribution in [-0.4, -0.2) is 21.8 Å². The molecule has 2 aliphatic rings. The summed E-state index contributed by atoms with van der Waals surface area (Å²) in [5.41, 5.74) is 6.45. The standard InChI is InChI=1S/C19H16Cl2N2.C19H16Cl2O2.H4N2/c1-12-17(15-8-7-14(20)11-16(15)21)22-23-18(12)19(9-10-19)13-5-3-2-4-6-13;1-12(17(22)15-8-7-14(20)11-16(15)21)18(23)19(9-10-19)13-5-3-2-4-6-13;1-2/h2-8,11H,9-10H2,1H3,(H,22,23);2-8,11-12H,9-10H2,1H3;1-2H2. The van der Waals surface area contributed by atoms with Crippen LogP contribution in [0.15, 0.2) is 97.1 Å². The number of Topliss-reactive ketones (excluding diaryl/α,β-unsaturated/α-hetero) is 2. The van der Waals surface area contributed by atoms with E-state index in [-0.39, 0.29) is 22.0 Å². The average molecular weight is 723 g/mol. The Morgan fingerprint density at radius 3 is 1.81 bits per heavy atom. The van der Waals surface area contributed by atoms with Crippen molar-refractivity contribution in [3.63, 3.8) is 0 Å². The predicted octanol–water partition coefficient (Wildman–Crippen LogP) is 9.70. The first-order valence-corrected chi connectivity index (χ1v) is 17.1. The van der Waals surface area contributed by atoms with Gasteiger partial charge in [-0.1, -0.05) is 107 Å². The van der Waals surface area contributed by atoms with Crippen molar-refractivity contribution < 1.29 is 9.59 Å². The molecule has 2 aliphatic carbocycles. The monoisotopic (exact) mass is 720 g/mol. The number of ketones is 2. The molecule has 1 heterocycles. The van der Waals surface area contributed by atoms with Crippen LogP contribution in [0.5, 0.6) is 0 Å². The van der Waals surface area contributed by atoms with Crippen LogP contribution in [0.3, 0.4) is 0 Å². The molecule has 248 valence electrons. The molecule has 5 N–H and O–H groups in total. The predicted molar refractivity (Wildman–Crippen MR) is 196 cm³/mol. The second kappa shape index (κ2) is 15.0. The molecule has 48 heavy (non-hydrogen) atoms. The number of nitrogens with zero attached hydrogens (tertiary/aromatic N) is 1. The lowest BCUT2D eigenvalue weighted by Gasteiger charge is -2.19. The molecule has 0 saturated heterocycles. The molecule has 5 aromatic rings. The molecule has 1 unspecified atom stereocenters. The van der Waals surface area contributed by atoms with Gasteiger partial charge >= 0.3 is 0 Å². The van der Waals surface area contributed by atoms with Gasteiger partial charge in [0.25, 0.3) is 0 Å². The normalized spacial score (nSPS) is 15.6. The highest BCUT2D eigenvalue weighted by Crippen LogP contribution is 2.54. The van der Waals surface area contributed by atoms with Crippen molar-refractivity contribution in [1.82, 2.24) is 10.2 Å². The number of halogens is 4. The molecule has 0 radical (unpaired) electrons.